The van der Waals surface area contributed by atoms with E-state index in [-0.39, 0.29) is 18.5 Å². The van der Waals surface area contributed by atoms with Crippen molar-refractivity contribution in [2.45, 2.75) is 392 Å². The fourth-order valence-electron chi connectivity index (χ4n) is 10.7. The van der Waals surface area contributed by atoms with Gasteiger partial charge < -0.3 is 20.3 Å². The third-order valence-electron chi connectivity index (χ3n) is 15.8. The van der Waals surface area contributed by atoms with Crippen molar-refractivity contribution >= 4 is 11.9 Å². The molecule has 434 valence electrons. The lowest BCUT2D eigenvalue weighted by molar-refractivity contribution is -0.143. The average molecular weight is 1030 g/mol. The summed E-state index contributed by atoms with van der Waals surface area (Å²) in [6.07, 6.45) is 77.0. The van der Waals surface area contributed by atoms with Crippen LogP contribution in [0.1, 0.15) is 380 Å². The third-order valence-corrected chi connectivity index (χ3v) is 15.8. The van der Waals surface area contributed by atoms with Gasteiger partial charge in [0.15, 0.2) is 0 Å². The molecule has 6 heteroatoms. The molecule has 0 aliphatic heterocycles. The Morgan fingerprint density at radius 2 is 0.630 bits per heavy atom. The van der Waals surface area contributed by atoms with Gasteiger partial charge in [-0.1, -0.05) is 347 Å². The lowest BCUT2D eigenvalue weighted by Crippen LogP contribution is -2.45. The van der Waals surface area contributed by atoms with Crippen molar-refractivity contribution in [1.29, 1.82) is 0 Å². The average Bonchev–Trinajstić information content (AvgIpc) is 3.39. The molecule has 0 saturated heterocycles. The van der Waals surface area contributed by atoms with Gasteiger partial charge in [-0.05, 0) is 32.1 Å². The first-order valence-corrected chi connectivity index (χ1v) is 33.5. The molecule has 6 nitrogen and oxygen atoms in total. The Labute approximate surface area is 457 Å². The van der Waals surface area contributed by atoms with Crippen LogP contribution in [0.3, 0.4) is 0 Å². The summed E-state index contributed by atoms with van der Waals surface area (Å²) in [4.78, 5) is 24.6. The van der Waals surface area contributed by atoms with Gasteiger partial charge in [0.2, 0.25) is 5.91 Å². The molecule has 2 atom stereocenters. The minimum atomic E-state index is -0.843. The summed E-state index contributed by atoms with van der Waals surface area (Å²) in [5.41, 5.74) is 0. The van der Waals surface area contributed by atoms with E-state index >= 15 is 0 Å². The maximum atomic E-state index is 12.5. The number of aliphatic hydroxyl groups is 2. The molecule has 0 rings (SSSR count). The van der Waals surface area contributed by atoms with Crippen LogP contribution in [0.4, 0.5) is 0 Å². The van der Waals surface area contributed by atoms with Crippen LogP contribution in [-0.2, 0) is 14.3 Å². The number of hydrogen-bond donors (Lipinski definition) is 3. The standard InChI is InChI=1S/C67H131NO5/c1-3-5-7-9-11-13-15-17-19-20-26-30-33-37-41-45-49-53-57-61-67(72)73-62-58-54-50-46-42-38-34-31-28-25-23-21-22-24-27-29-32-36-40-44-48-52-56-60-66(71)68-64(63-69)65(70)59-55-51-47-43-39-35-18-16-14-12-10-8-6-4-2/h55,59,64-65,69-70H,3-54,56-58,60-63H2,1-2H3,(H,68,71)/b59-55+. The normalized spacial score (nSPS) is 12.5. The number of amides is 1. The molecule has 0 radical (unpaired) electrons. The van der Waals surface area contributed by atoms with Gasteiger partial charge in [-0.3, -0.25) is 9.59 Å². The van der Waals surface area contributed by atoms with E-state index in [0.717, 1.165) is 38.5 Å². The van der Waals surface area contributed by atoms with Crippen LogP contribution in [-0.4, -0.2) is 47.4 Å². The molecule has 0 spiro atoms. The minimum absolute atomic E-state index is 0.0195. The molecule has 0 fully saturated rings. The second-order valence-corrected chi connectivity index (χ2v) is 23.2. The summed E-state index contributed by atoms with van der Waals surface area (Å²) < 4.78 is 5.51. The molecular formula is C67H131NO5. The topological polar surface area (TPSA) is 95.9 Å². The van der Waals surface area contributed by atoms with Crippen LogP contribution >= 0.6 is 0 Å². The van der Waals surface area contributed by atoms with Crippen molar-refractivity contribution in [3.63, 3.8) is 0 Å². The molecule has 1 amide bonds. The number of unbranched alkanes of at least 4 members (excludes halogenated alkanes) is 52. The molecule has 0 aliphatic carbocycles. The summed E-state index contributed by atoms with van der Waals surface area (Å²) in [5.74, 6) is -0.0456. The predicted octanol–water partition coefficient (Wildman–Crippen LogP) is 21.2. The van der Waals surface area contributed by atoms with Crippen molar-refractivity contribution < 1.29 is 24.5 Å². The number of allylic oxidation sites excluding steroid dienone is 1. The van der Waals surface area contributed by atoms with E-state index in [0.29, 0.717) is 19.4 Å². The third kappa shape index (κ3) is 59.7. The highest BCUT2D eigenvalue weighted by molar-refractivity contribution is 5.76. The Morgan fingerprint density at radius 1 is 0.370 bits per heavy atom. The zero-order valence-corrected chi connectivity index (χ0v) is 49.6. The second kappa shape index (κ2) is 63.1. The number of ether oxygens (including phenoxy) is 1. The largest absolute Gasteiger partial charge is 0.466 e. The summed E-state index contributed by atoms with van der Waals surface area (Å²) >= 11 is 0. The van der Waals surface area contributed by atoms with E-state index in [2.05, 4.69) is 19.2 Å². The molecule has 0 bridgehead atoms. The number of esters is 1. The monoisotopic (exact) mass is 1030 g/mol. The van der Waals surface area contributed by atoms with E-state index in [1.54, 1.807) is 6.08 Å². The quantitative estimate of drug-likeness (QED) is 0.0320. The molecule has 73 heavy (non-hydrogen) atoms. The van der Waals surface area contributed by atoms with Crippen LogP contribution in [0.25, 0.3) is 0 Å². The van der Waals surface area contributed by atoms with Gasteiger partial charge in [-0.2, -0.15) is 0 Å². The summed E-state index contributed by atoms with van der Waals surface area (Å²) in [6.45, 7) is 4.94. The van der Waals surface area contributed by atoms with Crippen LogP contribution in [0, 0.1) is 0 Å². The van der Waals surface area contributed by atoms with E-state index in [4.69, 9.17) is 4.74 Å². The van der Waals surface area contributed by atoms with Crippen molar-refractivity contribution in [3.8, 4) is 0 Å². The molecule has 0 aromatic carbocycles. The van der Waals surface area contributed by atoms with Crippen LogP contribution in [0.2, 0.25) is 0 Å². The highest BCUT2D eigenvalue weighted by atomic mass is 16.5. The number of carbonyl (C=O) groups excluding carboxylic acids is 2. The number of carbonyl (C=O) groups is 2. The van der Waals surface area contributed by atoms with Crippen LogP contribution < -0.4 is 5.32 Å². The van der Waals surface area contributed by atoms with Crippen LogP contribution in [0.5, 0.6) is 0 Å². The highest BCUT2D eigenvalue weighted by Crippen LogP contribution is 2.19. The Hall–Kier alpha value is -1.40. The second-order valence-electron chi connectivity index (χ2n) is 23.2. The maximum Gasteiger partial charge on any atom is 0.305 e. The van der Waals surface area contributed by atoms with Gasteiger partial charge in [0.1, 0.15) is 0 Å². The first-order chi connectivity index (χ1) is 36.0. The van der Waals surface area contributed by atoms with Gasteiger partial charge in [0.05, 0.1) is 25.4 Å². The van der Waals surface area contributed by atoms with E-state index < -0.39 is 12.1 Å². The molecular weight excluding hydrogens is 899 g/mol. The highest BCUT2D eigenvalue weighted by Gasteiger charge is 2.18. The lowest BCUT2D eigenvalue weighted by atomic mass is 10.0. The van der Waals surface area contributed by atoms with Gasteiger partial charge in [0.25, 0.3) is 0 Å². The van der Waals surface area contributed by atoms with Crippen molar-refractivity contribution in [2.75, 3.05) is 13.2 Å². The van der Waals surface area contributed by atoms with Gasteiger partial charge in [-0.25, -0.2) is 0 Å². The van der Waals surface area contributed by atoms with Crippen molar-refractivity contribution in [3.05, 3.63) is 12.2 Å². The zero-order valence-electron chi connectivity index (χ0n) is 49.6. The minimum Gasteiger partial charge on any atom is -0.466 e. The van der Waals surface area contributed by atoms with Crippen LogP contribution in [0.15, 0.2) is 12.2 Å². The van der Waals surface area contributed by atoms with Gasteiger partial charge >= 0.3 is 5.97 Å². The Morgan fingerprint density at radius 3 is 0.932 bits per heavy atom. The molecule has 0 aliphatic rings. The molecule has 0 aromatic heterocycles. The number of rotatable bonds is 63. The summed E-state index contributed by atoms with van der Waals surface area (Å²) in [5, 5.41) is 23.1. The van der Waals surface area contributed by atoms with Gasteiger partial charge in [-0.15, -0.1) is 0 Å². The Bertz CT molecular complexity index is 1100. The molecule has 3 N–H and O–H groups in total. The van der Waals surface area contributed by atoms with E-state index in [1.165, 1.54) is 315 Å². The van der Waals surface area contributed by atoms with Crippen molar-refractivity contribution in [2.24, 2.45) is 0 Å². The molecule has 0 saturated carbocycles. The van der Waals surface area contributed by atoms with Crippen molar-refractivity contribution in [1.82, 2.24) is 5.32 Å². The summed E-state index contributed by atoms with van der Waals surface area (Å²) in [7, 11) is 0. The zero-order chi connectivity index (χ0) is 52.9. The predicted molar refractivity (Wildman–Crippen MR) is 320 cm³/mol. The molecule has 0 aromatic rings. The molecule has 0 heterocycles. The Balaban J connectivity index is 3.35. The fraction of sp³-hybridized carbons (Fsp3) is 0.940. The van der Waals surface area contributed by atoms with E-state index in [1.807, 2.05) is 6.08 Å². The first kappa shape index (κ1) is 71.6. The summed E-state index contributed by atoms with van der Waals surface area (Å²) in [6, 6.07) is -0.626. The number of hydrogen-bond acceptors (Lipinski definition) is 5. The fourth-order valence-corrected chi connectivity index (χ4v) is 10.7. The Kier molecular flexibility index (Phi) is 61.9. The maximum absolute atomic E-state index is 12.5. The number of aliphatic hydroxyl groups excluding tert-OH is 2. The number of nitrogens with one attached hydrogen (secondary N) is 1. The smallest absolute Gasteiger partial charge is 0.305 e. The molecule has 2 unspecified atom stereocenters. The van der Waals surface area contributed by atoms with Gasteiger partial charge in [0, 0.05) is 12.8 Å². The first-order valence-electron chi connectivity index (χ1n) is 33.5. The lowest BCUT2D eigenvalue weighted by Gasteiger charge is -2.20. The van der Waals surface area contributed by atoms with E-state index in [9.17, 15) is 19.8 Å². The SMILES string of the molecule is CCCCCCCCCCCCCC/C=C/C(O)C(CO)NC(=O)CCCCCCCCCCCCCCCCCCCCCCCCCOC(=O)CCCCCCCCCCCCCCCCCCCCC.